The van der Waals surface area contributed by atoms with Crippen molar-refractivity contribution in [2.24, 2.45) is 5.92 Å². The maximum atomic E-state index is 12.2. The maximum absolute atomic E-state index is 12.2. The number of carboxylic acids is 1. The van der Waals surface area contributed by atoms with E-state index in [0.717, 1.165) is 11.1 Å². The van der Waals surface area contributed by atoms with Gasteiger partial charge in [0.1, 0.15) is 5.60 Å². The monoisotopic (exact) mass is 317 g/mol. The van der Waals surface area contributed by atoms with Gasteiger partial charge in [-0.25, -0.2) is 4.79 Å². The van der Waals surface area contributed by atoms with Crippen molar-refractivity contribution < 1.29 is 19.4 Å². The average Bonchev–Trinajstić information content (AvgIpc) is 2.44. The number of hydrogen-bond acceptors (Lipinski definition) is 3. The number of carbonyl (C=O) groups excluding carboxylic acids is 1. The van der Waals surface area contributed by atoms with Gasteiger partial charge in [0, 0.05) is 6.42 Å². The van der Waals surface area contributed by atoms with E-state index >= 15 is 0 Å². The third-order valence-electron chi connectivity index (χ3n) is 3.98. The number of carboxylic acid groups (broad SMARTS) is 1. The summed E-state index contributed by atoms with van der Waals surface area (Å²) in [6, 6.07) is 7.74. The van der Waals surface area contributed by atoms with Gasteiger partial charge in [0.25, 0.3) is 0 Å². The Morgan fingerprint density at radius 3 is 2.57 bits per heavy atom. The lowest BCUT2D eigenvalue weighted by Gasteiger charge is -2.38. The number of hydrogen-bond donors (Lipinski definition) is 2. The van der Waals surface area contributed by atoms with Crippen LogP contribution in [0.4, 0.5) is 4.79 Å². The van der Waals surface area contributed by atoms with Crippen LogP contribution in [0.15, 0.2) is 30.3 Å². The van der Waals surface area contributed by atoms with Gasteiger partial charge in [0.05, 0.1) is 11.5 Å². The van der Waals surface area contributed by atoms with Crippen LogP contribution in [0.3, 0.4) is 0 Å². The molecule has 0 saturated heterocycles. The summed E-state index contributed by atoms with van der Waals surface area (Å²) in [5, 5.41) is 12.2. The van der Waals surface area contributed by atoms with Crippen LogP contribution in [0.5, 0.6) is 0 Å². The van der Waals surface area contributed by atoms with Crippen LogP contribution < -0.4 is 5.32 Å². The van der Waals surface area contributed by atoms with Crippen LogP contribution in [0.1, 0.15) is 38.8 Å². The molecule has 23 heavy (non-hydrogen) atoms. The third kappa shape index (κ3) is 3.92. The first-order chi connectivity index (χ1) is 10.6. The molecule has 2 atom stereocenters. The lowest BCUT2D eigenvalue weighted by molar-refractivity contribution is -0.143. The van der Waals surface area contributed by atoms with Gasteiger partial charge in [-0.05, 0) is 38.8 Å². The average molecular weight is 317 g/mol. The highest BCUT2D eigenvalue weighted by Crippen LogP contribution is 2.32. The van der Waals surface area contributed by atoms with Crippen molar-refractivity contribution in [2.45, 2.75) is 45.3 Å². The first-order valence-corrected chi connectivity index (χ1v) is 7.64. The molecule has 2 rings (SSSR count). The Bertz CT molecular complexity index is 645. The molecule has 1 aliphatic rings. The van der Waals surface area contributed by atoms with Crippen molar-refractivity contribution in [3.63, 3.8) is 0 Å². The minimum Gasteiger partial charge on any atom is -0.481 e. The number of aliphatic carboxylic acids is 1. The maximum Gasteiger partial charge on any atom is 0.408 e. The van der Waals surface area contributed by atoms with E-state index in [2.05, 4.69) is 5.32 Å². The summed E-state index contributed by atoms with van der Waals surface area (Å²) in [4.78, 5) is 23.8. The highest BCUT2D eigenvalue weighted by molar-refractivity contribution is 5.77. The van der Waals surface area contributed by atoms with Gasteiger partial charge in [-0.15, -0.1) is 0 Å². The van der Waals surface area contributed by atoms with E-state index in [1.54, 1.807) is 33.8 Å². The summed E-state index contributed by atoms with van der Waals surface area (Å²) < 4.78 is 5.31. The van der Waals surface area contributed by atoms with Crippen molar-refractivity contribution >= 4 is 18.1 Å². The lowest BCUT2D eigenvalue weighted by atomic mass is 9.75. The smallest absolute Gasteiger partial charge is 0.408 e. The molecular formula is C18H23NO4. The number of ether oxygens (including phenoxy) is 1. The van der Waals surface area contributed by atoms with Gasteiger partial charge in [-0.3, -0.25) is 4.79 Å². The largest absolute Gasteiger partial charge is 0.481 e. The molecular weight excluding hydrogens is 294 g/mol. The second-order valence-corrected chi connectivity index (χ2v) is 6.94. The summed E-state index contributed by atoms with van der Waals surface area (Å²) in [5.41, 5.74) is 0.377. The molecule has 0 aliphatic heterocycles. The lowest BCUT2D eigenvalue weighted by Crippen LogP contribution is -2.57. The molecule has 124 valence electrons. The van der Waals surface area contributed by atoms with Crippen molar-refractivity contribution in [2.75, 3.05) is 0 Å². The van der Waals surface area contributed by atoms with Crippen molar-refractivity contribution in [1.82, 2.24) is 5.32 Å². The molecule has 0 bridgehead atoms. The number of rotatable bonds is 3. The number of carbonyl (C=O) groups is 2. The molecule has 5 nitrogen and oxygen atoms in total. The Kier molecular flexibility index (Phi) is 4.50. The first-order valence-electron chi connectivity index (χ1n) is 7.64. The zero-order valence-electron chi connectivity index (χ0n) is 13.9. The number of nitrogens with one attached hydrogen (secondary N) is 1. The Morgan fingerprint density at radius 2 is 1.96 bits per heavy atom. The van der Waals surface area contributed by atoms with Crippen LogP contribution in [0.2, 0.25) is 0 Å². The van der Waals surface area contributed by atoms with Crippen LogP contribution in [-0.2, 0) is 16.0 Å². The van der Waals surface area contributed by atoms with Crippen molar-refractivity contribution in [1.29, 1.82) is 0 Å². The van der Waals surface area contributed by atoms with E-state index in [0.29, 0.717) is 6.42 Å². The molecule has 1 aromatic rings. The van der Waals surface area contributed by atoms with Gasteiger partial charge in [-0.1, -0.05) is 36.4 Å². The number of alkyl carbamates (subject to hydrolysis) is 1. The van der Waals surface area contributed by atoms with Crippen LogP contribution in [0.25, 0.3) is 6.08 Å². The third-order valence-corrected chi connectivity index (χ3v) is 3.98. The molecule has 1 amide bonds. The van der Waals surface area contributed by atoms with E-state index in [9.17, 15) is 14.7 Å². The Labute approximate surface area is 136 Å². The quantitative estimate of drug-likeness (QED) is 0.897. The first kappa shape index (κ1) is 17.1. The SMILES string of the molecule is C[C@H](C(=O)O)C1(NC(=O)OC(C)(C)C)C=Cc2ccccc2C1. The van der Waals surface area contributed by atoms with Gasteiger partial charge >= 0.3 is 12.1 Å². The molecule has 0 saturated carbocycles. The van der Waals surface area contributed by atoms with Gasteiger partial charge in [-0.2, -0.15) is 0 Å². The van der Waals surface area contributed by atoms with Gasteiger partial charge < -0.3 is 15.2 Å². The minimum absolute atomic E-state index is 0.409. The van der Waals surface area contributed by atoms with Crippen LogP contribution >= 0.6 is 0 Å². The molecule has 5 heteroatoms. The summed E-state index contributed by atoms with van der Waals surface area (Å²) in [7, 11) is 0. The van der Waals surface area contributed by atoms with Gasteiger partial charge in [0.2, 0.25) is 0 Å². The molecule has 2 N–H and O–H groups in total. The fourth-order valence-corrected chi connectivity index (χ4v) is 2.68. The topological polar surface area (TPSA) is 75.6 Å². The van der Waals surface area contributed by atoms with Gasteiger partial charge in [0.15, 0.2) is 0 Å². The van der Waals surface area contributed by atoms with Crippen LogP contribution in [0, 0.1) is 5.92 Å². The molecule has 0 spiro atoms. The normalized spacial score (nSPS) is 21.2. The molecule has 0 heterocycles. The van der Waals surface area contributed by atoms with E-state index in [1.807, 2.05) is 30.3 Å². The Hall–Kier alpha value is -2.30. The Balaban J connectivity index is 2.33. The number of fused-ring (bicyclic) bond motifs is 1. The Morgan fingerprint density at radius 1 is 1.30 bits per heavy atom. The van der Waals surface area contributed by atoms with Crippen molar-refractivity contribution in [3.8, 4) is 0 Å². The fraction of sp³-hybridized carbons (Fsp3) is 0.444. The van der Waals surface area contributed by atoms with E-state index in [-0.39, 0.29) is 0 Å². The minimum atomic E-state index is -1.01. The van der Waals surface area contributed by atoms with Crippen molar-refractivity contribution in [3.05, 3.63) is 41.5 Å². The standard InChI is InChI=1S/C18H23NO4/c1-12(15(20)21)18(19-16(22)23-17(2,3)4)10-9-13-7-5-6-8-14(13)11-18/h5-10,12H,11H2,1-4H3,(H,19,22)(H,20,21)/t12-,18?/m1/s1. The summed E-state index contributed by atoms with van der Waals surface area (Å²) in [6.45, 7) is 6.90. The highest BCUT2D eigenvalue weighted by Gasteiger charge is 2.42. The second-order valence-electron chi connectivity index (χ2n) is 6.94. The van der Waals surface area contributed by atoms with Crippen LogP contribution in [-0.4, -0.2) is 28.3 Å². The fourth-order valence-electron chi connectivity index (χ4n) is 2.68. The summed E-state index contributed by atoms with van der Waals surface area (Å²) in [6.07, 6.45) is 3.41. The molecule has 1 unspecified atom stereocenters. The molecule has 1 aromatic carbocycles. The molecule has 0 fully saturated rings. The predicted octanol–water partition coefficient (Wildman–Crippen LogP) is 3.24. The zero-order valence-corrected chi connectivity index (χ0v) is 13.9. The van der Waals surface area contributed by atoms with E-state index in [1.165, 1.54) is 0 Å². The number of amides is 1. The predicted molar refractivity (Wildman–Crippen MR) is 88.1 cm³/mol. The molecule has 1 aliphatic carbocycles. The highest BCUT2D eigenvalue weighted by atomic mass is 16.6. The van der Waals surface area contributed by atoms with E-state index in [4.69, 9.17) is 4.74 Å². The number of benzene rings is 1. The summed E-state index contributed by atoms with van der Waals surface area (Å²) >= 11 is 0. The zero-order chi connectivity index (χ0) is 17.3. The molecule has 0 radical (unpaired) electrons. The molecule has 0 aromatic heterocycles. The summed E-state index contributed by atoms with van der Waals surface area (Å²) in [5.74, 6) is -1.76. The second kappa shape index (κ2) is 6.07. The van der Waals surface area contributed by atoms with E-state index < -0.39 is 29.1 Å².